The van der Waals surface area contributed by atoms with E-state index in [1.807, 2.05) is 25.1 Å². The number of aromatic nitrogens is 1. The molecule has 0 bridgehead atoms. The molecule has 1 aromatic carbocycles. The Morgan fingerprint density at radius 3 is 2.81 bits per heavy atom. The molecular formula is C16H15NO4. The molecule has 5 heteroatoms. The number of aliphatic hydroxyl groups is 1. The first-order valence-corrected chi connectivity index (χ1v) is 6.57. The van der Waals surface area contributed by atoms with Gasteiger partial charge in [0.25, 0.3) is 0 Å². The van der Waals surface area contributed by atoms with Crippen molar-refractivity contribution in [2.24, 2.45) is 0 Å². The van der Waals surface area contributed by atoms with Crippen molar-refractivity contribution in [3.63, 3.8) is 0 Å². The number of hydrogen-bond acceptors (Lipinski definition) is 5. The van der Waals surface area contributed by atoms with Crippen LogP contribution in [0.2, 0.25) is 0 Å². The van der Waals surface area contributed by atoms with Gasteiger partial charge in [-0.2, -0.15) is 0 Å². The standard InChI is InChI=1S/C16H15NO4/c1-8-4-5-10-13(6-8)21-16(19)12-7-11(15(18)20-3)9(2)17-14(10)12/h4-7,16,19H,1-3H3/t16-/m1/s1. The van der Waals surface area contributed by atoms with Crippen LogP contribution >= 0.6 is 0 Å². The smallest absolute Gasteiger partial charge is 0.339 e. The fraction of sp³-hybridized carbons (Fsp3) is 0.250. The Kier molecular flexibility index (Phi) is 3.14. The van der Waals surface area contributed by atoms with Crippen molar-refractivity contribution in [3.05, 3.63) is 46.6 Å². The summed E-state index contributed by atoms with van der Waals surface area (Å²) in [5.74, 6) is 0.109. The molecule has 1 aliphatic heterocycles. The lowest BCUT2D eigenvalue weighted by atomic mass is 9.98. The van der Waals surface area contributed by atoms with E-state index in [0.29, 0.717) is 28.3 Å². The molecule has 0 saturated carbocycles. The van der Waals surface area contributed by atoms with Crippen molar-refractivity contribution in [2.45, 2.75) is 20.1 Å². The Balaban J connectivity index is 2.22. The molecular weight excluding hydrogens is 270 g/mol. The molecule has 0 unspecified atom stereocenters. The first kappa shape index (κ1) is 13.6. The number of methoxy groups -OCH3 is 1. The van der Waals surface area contributed by atoms with Gasteiger partial charge in [-0.05, 0) is 37.6 Å². The number of aliphatic hydroxyl groups excluding tert-OH is 1. The number of hydrogen-bond donors (Lipinski definition) is 1. The van der Waals surface area contributed by atoms with Gasteiger partial charge in [-0.3, -0.25) is 4.98 Å². The summed E-state index contributed by atoms with van der Waals surface area (Å²) < 4.78 is 10.2. The van der Waals surface area contributed by atoms with Gasteiger partial charge in [0.05, 0.1) is 24.1 Å². The summed E-state index contributed by atoms with van der Waals surface area (Å²) in [6.07, 6.45) is -1.15. The summed E-state index contributed by atoms with van der Waals surface area (Å²) in [6, 6.07) is 7.29. The number of carbonyl (C=O) groups excluding carboxylic acids is 1. The van der Waals surface area contributed by atoms with Crippen LogP contribution in [0.4, 0.5) is 0 Å². The van der Waals surface area contributed by atoms with Gasteiger partial charge in [-0.1, -0.05) is 6.07 Å². The van der Waals surface area contributed by atoms with Gasteiger partial charge in [-0.25, -0.2) is 4.79 Å². The second kappa shape index (κ2) is 4.86. The molecule has 2 heterocycles. The fourth-order valence-electron chi connectivity index (χ4n) is 2.45. The summed E-state index contributed by atoms with van der Waals surface area (Å²) in [6.45, 7) is 3.69. The van der Waals surface area contributed by atoms with Gasteiger partial charge in [0.15, 0.2) is 0 Å². The van der Waals surface area contributed by atoms with Crippen LogP contribution in [-0.2, 0) is 4.74 Å². The Morgan fingerprint density at radius 1 is 1.33 bits per heavy atom. The van der Waals surface area contributed by atoms with Crippen molar-refractivity contribution in [1.29, 1.82) is 0 Å². The van der Waals surface area contributed by atoms with Crippen LogP contribution in [0.1, 0.15) is 33.5 Å². The molecule has 1 aromatic heterocycles. The average molecular weight is 285 g/mol. The number of rotatable bonds is 1. The van der Waals surface area contributed by atoms with Crippen LogP contribution in [0.3, 0.4) is 0 Å². The van der Waals surface area contributed by atoms with E-state index in [1.54, 1.807) is 13.0 Å². The molecule has 21 heavy (non-hydrogen) atoms. The van der Waals surface area contributed by atoms with Gasteiger partial charge < -0.3 is 14.6 Å². The number of nitrogens with zero attached hydrogens (tertiary/aromatic N) is 1. The average Bonchev–Trinajstić information content (AvgIpc) is 2.45. The van der Waals surface area contributed by atoms with Gasteiger partial charge >= 0.3 is 5.97 Å². The van der Waals surface area contributed by atoms with Crippen molar-refractivity contribution < 1.29 is 19.4 Å². The molecule has 108 valence electrons. The molecule has 0 amide bonds. The minimum atomic E-state index is -1.15. The van der Waals surface area contributed by atoms with Gasteiger partial charge in [0, 0.05) is 11.1 Å². The first-order valence-electron chi connectivity index (χ1n) is 6.57. The summed E-state index contributed by atoms with van der Waals surface area (Å²) in [7, 11) is 1.31. The van der Waals surface area contributed by atoms with E-state index in [1.165, 1.54) is 7.11 Å². The van der Waals surface area contributed by atoms with E-state index in [2.05, 4.69) is 4.98 Å². The minimum absolute atomic E-state index is 0.328. The van der Waals surface area contributed by atoms with Gasteiger partial charge in [-0.15, -0.1) is 0 Å². The number of benzene rings is 1. The van der Waals surface area contributed by atoms with Gasteiger partial charge in [0.2, 0.25) is 6.29 Å². The highest BCUT2D eigenvalue weighted by Crippen LogP contribution is 2.41. The molecule has 0 aliphatic carbocycles. The molecule has 1 N–H and O–H groups in total. The summed E-state index contributed by atoms with van der Waals surface area (Å²) in [4.78, 5) is 16.2. The molecule has 0 spiro atoms. The molecule has 5 nitrogen and oxygen atoms in total. The van der Waals surface area contributed by atoms with E-state index < -0.39 is 12.3 Å². The number of pyridine rings is 1. The number of esters is 1. The number of fused-ring (bicyclic) bond motifs is 3. The molecule has 0 fully saturated rings. The number of ether oxygens (including phenoxy) is 2. The zero-order valence-electron chi connectivity index (χ0n) is 12.0. The summed E-state index contributed by atoms with van der Waals surface area (Å²) in [5.41, 5.74) is 3.83. The summed E-state index contributed by atoms with van der Waals surface area (Å²) >= 11 is 0. The maximum absolute atomic E-state index is 11.7. The van der Waals surface area contributed by atoms with Gasteiger partial charge in [0.1, 0.15) is 5.75 Å². The van der Waals surface area contributed by atoms with Crippen LogP contribution in [0.25, 0.3) is 11.3 Å². The van der Waals surface area contributed by atoms with Crippen LogP contribution < -0.4 is 4.74 Å². The Morgan fingerprint density at radius 2 is 2.10 bits per heavy atom. The summed E-state index contributed by atoms with van der Waals surface area (Å²) in [5, 5.41) is 10.2. The fourth-order valence-corrected chi connectivity index (χ4v) is 2.45. The molecule has 0 radical (unpaired) electrons. The third-order valence-corrected chi connectivity index (χ3v) is 3.54. The predicted molar refractivity (Wildman–Crippen MR) is 76.1 cm³/mol. The SMILES string of the molecule is COC(=O)c1cc2c(nc1C)-c1ccc(C)cc1O[C@H]2O. The molecule has 2 aromatic rings. The topological polar surface area (TPSA) is 68.7 Å². The maximum atomic E-state index is 11.7. The lowest BCUT2D eigenvalue weighted by molar-refractivity contribution is -0.0217. The number of carbonyl (C=O) groups is 1. The van der Waals surface area contributed by atoms with E-state index in [-0.39, 0.29) is 0 Å². The van der Waals surface area contributed by atoms with Crippen molar-refractivity contribution >= 4 is 5.97 Å². The third kappa shape index (κ3) is 2.15. The molecule has 1 aliphatic rings. The van der Waals surface area contributed by atoms with Crippen molar-refractivity contribution in [1.82, 2.24) is 4.98 Å². The lowest BCUT2D eigenvalue weighted by Gasteiger charge is -2.25. The quantitative estimate of drug-likeness (QED) is 0.815. The monoisotopic (exact) mass is 285 g/mol. The number of aryl methyl sites for hydroxylation is 2. The zero-order chi connectivity index (χ0) is 15.1. The highest BCUT2D eigenvalue weighted by molar-refractivity contribution is 5.91. The molecule has 3 rings (SSSR count). The van der Waals surface area contributed by atoms with Crippen LogP contribution in [0, 0.1) is 13.8 Å². The zero-order valence-corrected chi connectivity index (χ0v) is 12.0. The third-order valence-electron chi connectivity index (χ3n) is 3.54. The normalized spacial score (nSPS) is 15.7. The Hall–Kier alpha value is -2.40. The highest BCUT2D eigenvalue weighted by atomic mass is 16.6. The minimum Gasteiger partial charge on any atom is -0.465 e. The Bertz CT molecular complexity index is 739. The molecule has 1 atom stereocenters. The second-order valence-electron chi connectivity index (χ2n) is 5.02. The maximum Gasteiger partial charge on any atom is 0.339 e. The Labute approximate surface area is 122 Å². The lowest BCUT2D eigenvalue weighted by Crippen LogP contribution is -2.17. The largest absolute Gasteiger partial charge is 0.465 e. The first-order chi connectivity index (χ1) is 10.0. The highest BCUT2D eigenvalue weighted by Gasteiger charge is 2.28. The molecule has 0 saturated heterocycles. The van der Waals surface area contributed by atoms with Crippen molar-refractivity contribution in [3.8, 4) is 17.0 Å². The van der Waals surface area contributed by atoms with Crippen molar-refractivity contribution in [2.75, 3.05) is 7.11 Å². The second-order valence-corrected chi connectivity index (χ2v) is 5.02. The predicted octanol–water partition coefficient (Wildman–Crippen LogP) is 2.54. The van der Waals surface area contributed by atoms with Crippen LogP contribution in [-0.4, -0.2) is 23.2 Å². The van der Waals surface area contributed by atoms with E-state index in [9.17, 15) is 9.90 Å². The van der Waals surface area contributed by atoms with E-state index in [4.69, 9.17) is 9.47 Å². The van der Waals surface area contributed by atoms with E-state index >= 15 is 0 Å². The van der Waals surface area contributed by atoms with Crippen LogP contribution in [0.15, 0.2) is 24.3 Å². The van der Waals surface area contributed by atoms with E-state index in [0.717, 1.165) is 11.1 Å². The van der Waals surface area contributed by atoms with Crippen LogP contribution in [0.5, 0.6) is 5.75 Å².